The summed E-state index contributed by atoms with van der Waals surface area (Å²) in [4.78, 5) is 0.133. The van der Waals surface area contributed by atoms with E-state index in [1.165, 1.54) is 15.6 Å². The number of hydrogen-bond donors (Lipinski definition) is 0. The van der Waals surface area contributed by atoms with E-state index >= 15 is 0 Å². The van der Waals surface area contributed by atoms with E-state index in [0.717, 1.165) is 17.9 Å². The van der Waals surface area contributed by atoms with Gasteiger partial charge in [-0.25, -0.2) is 0 Å². The number of hydrogen-bond acceptors (Lipinski definition) is 2. The number of benzene rings is 1. The highest BCUT2D eigenvalue weighted by molar-refractivity contribution is 9.09. The van der Waals surface area contributed by atoms with Crippen LogP contribution in [0.5, 0.6) is 0 Å². The van der Waals surface area contributed by atoms with Crippen molar-refractivity contribution >= 4 is 37.4 Å². The predicted molar refractivity (Wildman–Crippen MR) is 80.7 cm³/mol. The molecule has 0 aliphatic heterocycles. The lowest BCUT2D eigenvalue weighted by Crippen LogP contribution is -1.88. The fraction of sp³-hybridized carbons (Fsp3) is 0.200. The van der Waals surface area contributed by atoms with Crippen LogP contribution < -0.4 is 0 Å². The average molecular weight is 321 g/mol. The molecule has 1 atom stereocenters. The molecule has 0 aliphatic rings. The fourth-order valence-electron chi connectivity index (χ4n) is 2.07. The molecule has 0 amide bonds. The van der Waals surface area contributed by atoms with Gasteiger partial charge < -0.3 is 4.42 Å². The van der Waals surface area contributed by atoms with Crippen LogP contribution >= 0.6 is 27.3 Å². The number of rotatable bonds is 3. The highest BCUT2D eigenvalue weighted by Crippen LogP contribution is 2.39. The molecular weight excluding hydrogens is 308 g/mol. The maximum absolute atomic E-state index is 5.83. The normalized spacial score (nSPS) is 13.0. The second-order valence-electron chi connectivity index (χ2n) is 4.21. The minimum atomic E-state index is 0.133. The third-order valence-electron chi connectivity index (χ3n) is 3.06. The highest BCUT2D eigenvalue weighted by Gasteiger charge is 2.17. The minimum Gasteiger partial charge on any atom is -0.465 e. The Balaban J connectivity index is 2.03. The van der Waals surface area contributed by atoms with Crippen molar-refractivity contribution in [3.8, 4) is 0 Å². The predicted octanol–water partition coefficient (Wildman–Crippen LogP) is 5.54. The Labute approximate surface area is 119 Å². The maximum atomic E-state index is 5.83. The van der Waals surface area contributed by atoms with Crippen LogP contribution in [0.25, 0.3) is 10.1 Å². The number of thiophene rings is 1. The first-order valence-corrected chi connectivity index (χ1v) is 7.78. The summed E-state index contributed by atoms with van der Waals surface area (Å²) in [6.07, 6.45) is 0.935. The summed E-state index contributed by atoms with van der Waals surface area (Å²) in [5.74, 6) is 2.02. The van der Waals surface area contributed by atoms with Gasteiger partial charge in [-0.3, -0.25) is 0 Å². The van der Waals surface area contributed by atoms with Gasteiger partial charge in [-0.2, -0.15) is 0 Å². The molecule has 0 aliphatic carbocycles. The van der Waals surface area contributed by atoms with E-state index < -0.39 is 0 Å². The molecule has 2 aromatic heterocycles. The zero-order valence-electron chi connectivity index (χ0n) is 10.0. The summed E-state index contributed by atoms with van der Waals surface area (Å²) >= 11 is 5.53. The van der Waals surface area contributed by atoms with Crippen molar-refractivity contribution in [2.75, 3.05) is 0 Å². The summed E-state index contributed by atoms with van der Waals surface area (Å²) in [6, 6.07) is 12.6. The van der Waals surface area contributed by atoms with Crippen LogP contribution in [0, 0.1) is 0 Å². The molecule has 18 heavy (non-hydrogen) atoms. The fourth-order valence-corrected chi connectivity index (χ4v) is 3.86. The topological polar surface area (TPSA) is 13.1 Å². The zero-order valence-corrected chi connectivity index (χ0v) is 12.4. The summed E-state index contributed by atoms with van der Waals surface area (Å²) in [6.45, 7) is 2.10. The van der Waals surface area contributed by atoms with Gasteiger partial charge in [-0.15, -0.1) is 11.3 Å². The van der Waals surface area contributed by atoms with Crippen LogP contribution in [-0.4, -0.2) is 0 Å². The van der Waals surface area contributed by atoms with Crippen LogP contribution in [0.4, 0.5) is 0 Å². The molecule has 3 aromatic rings. The third kappa shape index (κ3) is 2.02. The molecule has 0 saturated heterocycles. The Morgan fingerprint density at radius 2 is 2.06 bits per heavy atom. The molecule has 0 fully saturated rings. The summed E-state index contributed by atoms with van der Waals surface area (Å²) in [5.41, 5.74) is 1.28. The van der Waals surface area contributed by atoms with E-state index in [2.05, 4.69) is 64.6 Å². The molecular formula is C15H13BrOS. The molecule has 2 heterocycles. The zero-order chi connectivity index (χ0) is 12.5. The van der Waals surface area contributed by atoms with Crippen molar-refractivity contribution in [3.05, 3.63) is 58.9 Å². The van der Waals surface area contributed by atoms with Crippen LogP contribution in [0.3, 0.4) is 0 Å². The minimum absolute atomic E-state index is 0.133. The second kappa shape index (κ2) is 4.90. The van der Waals surface area contributed by atoms with Gasteiger partial charge in [-0.1, -0.05) is 41.1 Å². The number of fused-ring (bicyclic) bond motifs is 1. The number of aryl methyl sites for hydroxylation is 1. The Kier molecular flexibility index (Phi) is 3.27. The molecule has 0 N–H and O–H groups in total. The Morgan fingerprint density at radius 1 is 1.22 bits per heavy atom. The summed E-state index contributed by atoms with van der Waals surface area (Å²) in [5, 5.41) is 3.51. The molecule has 3 heteroatoms. The van der Waals surface area contributed by atoms with Gasteiger partial charge in [0.15, 0.2) is 0 Å². The van der Waals surface area contributed by atoms with E-state index in [1.807, 2.05) is 0 Å². The van der Waals surface area contributed by atoms with E-state index in [9.17, 15) is 0 Å². The van der Waals surface area contributed by atoms with Crippen molar-refractivity contribution in [1.29, 1.82) is 0 Å². The highest BCUT2D eigenvalue weighted by atomic mass is 79.9. The SMILES string of the molecule is CCc1ccc(C(Br)c2csc3ccccc23)o1. The molecule has 0 radical (unpaired) electrons. The standard InChI is InChI=1S/C15H13BrOS/c1-2-10-7-8-13(17-10)15(16)12-9-18-14-6-4-3-5-11(12)14/h3-9,15H,2H2,1H3. The van der Waals surface area contributed by atoms with Crippen molar-refractivity contribution in [2.24, 2.45) is 0 Å². The van der Waals surface area contributed by atoms with Crippen LogP contribution in [0.2, 0.25) is 0 Å². The van der Waals surface area contributed by atoms with Gasteiger partial charge in [0, 0.05) is 11.1 Å². The quantitative estimate of drug-likeness (QED) is 0.577. The van der Waals surface area contributed by atoms with Gasteiger partial charge in [0.2, 0.25) is 0 Å². The van der Waals surface area contributed by atoms with Crippen molar-refractivity contribution in [2.45, 2.75) is 18.2 Å². The molecule has 1 unspecified atom stereocenters. The molecule has 3 rings (SSSR count). The Morgan fingerprint density at radius 3 is 2.83 bits per heavy atom. The smallest absolute Gasteiger partial charge is 0.122 e. The lowest BCUT2D eigenvalue weighted by molar-refractivity contribution is 0.477. The van der Waals surface area contributed by atoms with Crippen molar-refractivity contribution in [3.63, 3.8) is 0 Å². The van der Waals surface area contributed by atoms with Crippen LogP contribution in [0.1, 0.15) is 28.8 Å². The van der Waals surface area contributed by atoms with Crippen molar-refractivity contribution in [1.82, 2.24) is 0 Å². The largest absolute Gasteiger partial charge is 0.465 e. The second-order valence-corrected chi connectivity index (χ2v) is 6.03. The van der Waals surface area contributed by atoms with Crippen LogP contribution in [0.15, 0.2) is 46.2 Å². The van der Waals surface area contributed by atoms with Crippen LogP contribution in [-0.2, 0) is 6.42 Å². The van der Waals surface area contributed by atoms with E-state index in [4.69, 9.17) is 4.42 Å². The van der Waals surface area contributed by atoms with Gasteiger partial charge in [0.05, 0.1) is 4.83 Å². The molecule has 1 aromatic carbocycles. The lowest BCUT2D eigenvalue weighted by Gasteiger charge is -2.05. The van der Waals surface area contributed by atoms with Gasteiger partial charge >= 0.3 is 0 Å². The Bertz CT molecular complexity index is 668. The first-order chi connectivity index (χ1) is 8.79. The summed E-state index contributed by atoms with van der Waals surface area (Å²) < 4.78 is 7.14. The molecule has 0 saturated carbocycles. The first-order valence-electron chi connectivity index (χ1n) is 5.98. The molecule has 1 nitrogen and oxygen atoms in total. The molecule has 92 valence electrons. The molecule has 0 spiro atoms. The van der Waals surface area contributed by atoms with E-state index in [1.54, 1.807) is 11.3 Å². The van der Waals surface area contributed by atoms with Gasteiger partial charge in [-0.05, 0) is 34.5 Å². The Hall–Kier alpha value is -1.06. The van der Waals surface area contributed by atoms with Gasteiger partial charge in [0.25, 0.3) is 0 Å². The van der Waals surface area contributed by atoms with E-state index in [-0.39, 0.29) is 4.83 Å². The van der Waals surface area contributed by atoms with Crippen molar-refractivity contribution < 1.29 is 4.42 Å². The third-order valence-corrected chi connectivity index (χ3v) is 4.99. The first kappa shape index (κ1) is 12.0. The van der Waals surface area contributed by atoms with E-state index in [0.29, 0.717) is 0 Å². The summed E-state index contributed by atoms with van der Waals surface area (Å²) in [7, 11) is 0. The molecule has 0 bridgehead atoms. The monoisotopic (exact) mass is 320 g/mol. The number of alkyl halides is 1. The number of halogens is 1. The van der Waals surface area contributed by atoms with Gasteiger partial charge in [0.1, 0.15) is 11.5 Å². The number of furan rings is 1. The average Bonchev–Trinajstić information content (AvgIpc) is 3.04. The lowest BCUT2D eigenvalue weighted by atomic mass is 10.1. The maximum Gasteiger partial charge on any atom is 0.122 e.